The largest absolute Gasteiger partial charge is 0.352 e. The Balaban J connectivity index is 1.90. The Morgan fingerprint density at radius 2 is 1.75 bits per heavy atom. The van der Waals surface area contributed by atoms with Gasteiger partial charge in [-0.3, -0.25) is 18.7 Å². The number of carbonyl (C=O) groups excluding carboxylic acids is 3. The van der Waals surface area contributed by atoms with Crippen LogP contribution in [0.5, 0.6) is 0 Å². The van der Waals surface area contributed by atoms with Crippen molar-refractivity contribution >= 4 is 44.9 Å². The van der Waals surface area contributed by atoms with Crippen LogP contribution in [0.1, 0.15) is 55.5 Å². The number of anilines is 1. The number of rotatable bonds is 10. The molecule has 2 amide bonds. The molecule has 8 nitrogen and oxygen atoms in total. The number of nitrogens with zero attached hydrogens (tertiary/aromatic N) is 2. The highest BCUT2D eigenvalue weighted by Crippen LogP contribution is 2.22. The molecule has 1 N–H and O–H groups in total. The van der Waals surface area contributed by atoms with Gasteiger partial charge < -0.3 is 10.2 Å². The molecule has 0 bridgehead atoms. The van der Waals surface area contributed by atoms with Gasteiger partial charge in [0, 0.05) is 23.2 Å². The molecule has 0 unspecified atom stereocenters. The maximum Gasteiger partial charge on any atom is 0.244 e. The summed E-state index contributed by atoms with van der Waals surface area (Å²) in [5, 5.41) is 3.51. The number of amides is 2. The van der Waals surface area contributed by atoms with E-state index in [1.807, 2.05) is 0 Å². The van der Waals surface area contributed by atoms with Gasteiger partial charge in [0.15, 0.2) is 5.78 Å². The van der Waals surface area contributed by atoms with E-state index in [1.165, 1.54) is 24.0 Å². The van der Waals surface area contributed by atoms with Crippen molar-refractivity contribution in [3.05, 3.63) is 64.7 Å². The van der Waals surface area contributed by atoms with Gasteiger partial charge in [-0.1, -0.05) is 48.7 Å². The molecule has 0 radical (unpaired) electrons. The van der Waals surface area contributed by atoms with E-state index in [1.54, 1.807) is 43.3 Å². The molecule has 0 saturated heterocycles. The zero-order valence-electron chi connectivity index (χ0n) is 20.7. The standard InChI is InChI=1S/C26H32ClN3O5S/c1-18(26(33)28-23-11-4-5-12-23)29(16-20-8-6-10-22(27)14-20)25(32)17-30(36(3,34)35)24-13-7-9-21(15-24)19(2)31/h6-10,13-15,18,23H,4-5,11-12,16-17H2,1-3H3,(H,28,33)/t18-/m0/s1. The van der Waals surface area contributed by atoms with E-state index < -0.39 is 28.5 Å². The van der Waals surface area contributed by atoms with Crippen LogP contribution in [0.25, 0.3) is 0 Å². The van der Waals surface area contributed by atoms with Crippen LogP contribution in [0.2, 0.25) is 5.02 Å². The minimum Gasteiger partial charge on any atom is -0.352 e. The molecule has 0 aromatic heterocycles. The number of carbonyl (C=O) groups is 3. The molecule has 0 spiro atoms. The van der Waals surface area contributed by atoms with Gasteiger partial charge in [-0.05, 0) is 56.5 Å². The summed E-state index contributed by atoms with van der Waals surface area (Å²) in [6, 6.07) is 12.3. The number of halogens is 1. The van der Waals surface area contributed by atoms with Crippen molar-refractivity contribution in [1.82, 2.24) is 10.2 Å². The van der Waals surface area contributed by atoms with Crippen LogP contribution in [-0.2, 0) is 26.2 Å². The molecule has 1 saturated carbocycles. The number of Topliss-reactive ketones (excluding diaryl/α,β-unsaturated/α-hetero) is 1. The fourth-order valence-electron chi connectivity index (χ4n) is 4.30. The van der Waals surface area contributed by atoms with E-state index in [4.69, 9.17) is 11.6 Å². The van der Waals surface area contributed by atoms with Crippen molar-refractivity contribution in [3.63, 3.8) is 0 Å². The second-order valence-corrected chi connectivity index (χ2v) is 11.5. The molecule has 1 aliphatic rings. The fraction of sp³-hybridized carbons (Fsp3) is 0.423. The van der Waals surface area contributed by atoms with E-state index in [0.717, 1.165) is 36.2 Å². The SMILES string of the molecule is CC(=O)c1cccc(N(CC(=O)N(Cc2cccc(Cl)c2)[C@@H](C)C(=O)NC2CCCC2)S(C)(=O)=O)c1. The highest BCUT2D eigenvalue weighted by Gasteiger charge is 2.31. The Bertz CT molecular complexity index is 1230. The maximum absolute atomic E-state index is 13.6. The number of hydrogen-bond acceptors (Lipinski definition) is 5. The first-order valence-corrected chi connectivity index (χ1v) is 14.1. The summed E-state index contributed by atoms with van der Waals surface area (Å²) in [4.78, 5) is 39.9. The third-order valence-electron chi connectivity index (χ3n) is 6.33. The van der Waals surface area contributed by atoms with Crippen LogP contribution in [0.4, 0.5) is 5.69 Å². The predicted molar refractivity (Wildman–Crippen MR) is 140 cm³/mol. The highest BCUT2D eigenvalue weighted by molar-refractivity contribution is 7.92. The first-order chi connectivity index (χ1) is 17.0. The van der Waals surface area contributed by atoms with E-state index in [9.17, 15) is 22.8 Å². The summed E-state index contributed by atoms with van der Waals surface area (Å²) in [7, 11) is -3.88. The first-order valence-electron chi connectivity index (χ1n) is 11.9. The number of sulfonamides is 1. The normalized spacial score (nSPS) is 14.8. The second kappa shape index (κ2) is 11.9. The molecule has 2 aromatic rings. The molecule has 1 atom stereocenters. The highest BCUT2D eigenvalue weighted by atomic mass is 35.5. The number of benzene rings is 2. The summed E-state index contributed by atoms with van der Waals surface area (Å²) in [6.45, 7) is 2.56. The topological polar surface area (TPSA) is 104 Å². The van der Waals surface area contributed by atoms with Gasteiger partial charge in [0.1, 0.15) is 12.6 Å². The maximum atomic E-state index is 13.6. The van der Waals surface area contributed by atoms with E-state index >= 15 is 0 Å². The Kier molecular flexibility index (Phi) is 9.13. The lowest BCUT2D eigenvalue weighted by Crippen LogP contribution is -2.52. The Morgan fingerprint density at radius 3 is 2.36 bits per heavy atom. The third kappa shape index (κ3) is 7.30. The lowest BCUT2D eigenvalue weighted by atomic mass is 10.1. The molecule has 0 heterocycles. The van der Waals surface area contributed by atoms with Crippen molar-refractivity contribution in [3.8, 4) is 0 Å². The number of nitrogens with one attached hydrogen (secondary N) is 1. The van der Waals surface area contributed by atoms with Crippen molar-refractivity contribution < 1.29 is 22.8 Å². The molecular formula is C26H32ClN3O5S. The van der Waals surface area contributed by atoms with E-state index in [-0.39, 0.29) is 30.0 Å². The fourth-order valence-corrected chi connectivity index (χ4v) is 5.35. The van der Waals surface area contributed by atoms with Crippen LogP contribution >= 0.6 is 11.6 Å². The first kappa shape index (κ1) is 27.7. The third-order valence-corrected chi connectivity index (χ3v) is 7.71. The molecule has 194 valence electrons. The van der Waals surface area contributed by atoms with Gasteiger partial charge in [0.05, 0.1) is 11.9 Å². The molecule has 1 aliphatic carbocycles. The molecule has 36 heavy (non-hydrogen) atoms. The Morgan fingerprint density at radius 1 is 1.08 bits per heavy atom. The monoisotopic (exact) mass is 533 g/mol. The van der Waals surface area contributed by atoms with Crippen molar-refractivity contribution in [2.45, 2.75) is 58.2 Å². The molecule has 0 aliphatic heterocycles. The van der Waals surface area contributed by atoms with Crippen molar-refractivity contribution in [1.29, 1.82) is 0 Å². The Hall–Kier alpha value is -2.91. The van der Waals surface area contributed by atoms with Crippen molar-refractivity contribution in [2.24, 2.45) is 0 Å². The zero-order chi connectivity index (χ0) is 26.5. The van der Waals surface area contributed by atoms with Crippen LogP contribution in [0, 0.1) is 0 Å². The van der Waals surface area contributed by atoms with Crippen LogP contribution in [0.15, 0.2) is 48.5 Å². The smallest absolute Gasteiger partial charge is 0.244 e. The minimum atomic E-state index is -3.88. The van der Waals surface area contributed by atoms with Gasteiger partial charge in [0.2, 0.25) is 21.8 Å². The predicted octanol–water partition coefficient (Wildman–Crippen LogP) is 3.78. The summed E-state index contributed by atoms with van der Waals surface area (Å²) in [6.07, 6.45) is 4.89. The molecule has 3 rings (SSSR count). The van der Waals surface area contributed by atoms with Gasteiger partial charge in [-0.15, -0.1) is 0 Å². The average Bonchev–Trinajstić information content (AvgIpc) is 3.32. The minimum absolute atomic E-state index is 0.0731. The molecule has 1 fully saturated rings. The van der Waals surface area contributed by atoms with Crippen LogP contribution in [0.3, 0.4) is 0 Å². The van der Waals surface area contributed by atoms with E-state index in [2.05, 4.69) is 5.32 Å². The molecular weight excluding hydrogens is 502 g/mol. The molecule has 2 aromatic carbocycles. The van der Waals surface area contributed by atoms with E-state index in [0.29, 0.717) is 16.1 Å². The Labute approximate surface area is 217 Å². The van der Waals surface area contributed by atoms with Gasteiger partial charge >= 0.3 is 0 Å². The second-order valence-electron chi connectivity index (χ2n) is 9.19. The number of hydrogen-bond donors (Lipinski definition) is 1. The van der Waals surface area contributed by atoms with Gasteiger partial charge in [0.25, 0.3) is 0 Å². The summed E-state index contributed by atoms with van der Waals surface area (Å²) < 4.78 is 26.3. The van der Waals surface area contributed by atoms with Crippen LogP contribution in [-0.4, -0.2) is 55.8 Å². The average molecular weight is 534 g/mol. The lowest BCUT2D eigenvalue weighted by Gasteiger charge is -2.32. The molecule has 10 heteroatoms. The summed E-state index contributed by atoms with van der Waals surface area (Å²) in [5.41, 5.74) is 1.24. The summed E-state index contributed by atoms with van der Waals surface area (Å²) >= 11 is 6.13. The number of ketones is 1. The summed E-state index contributed by atoms with van der Waals surface area (Å²) in [5.74, 6) is -1.07. The lowest BCUT2D eigenvalue weighted by molar-refractivity contribution is -0.139. The van der Waals surface area contributed by atoms with Gasteiger partial charge in [-0.2, -0.15) is 0 Å². The quantitative estimate of drug-likeness (QED) is 0.468. The zero-order valence-corrected chi connectivity index (χ0v) is 22.3. The van der Waals surface area contributed by atoms with Gasteiger partial charge in [-0.25, -0.2) is 8.42 Å². The van der Waals surface area contributed by atoms with Crippen molar-refractivity contribution in [2.75, 3.05) is 17.1 Å². The van der Waals surface area contributed by atoms with Crippen LogP contribution < -0.4 is 9.62 Å².